The molecule has 6 nitrogen and oxygen atoms in total. The van der Waals surface area contributed by atoms with E-state index in [0.717, 1.165) is 96.3 Å². The van der Waals surface area contributed by atoms with E-state index in [2.05, 4.69) is 106 Å². The largest absolute Gasteiger partial charge is 0.462 e. The molecule has 0 radical (unpaired) electrons. The van der Waals surface area contributed by atoms with Crippen LogP contribution in [0.3, 0.4) is 0 Å². The summed E-state index contributed by atoms with van der Waals surface area (Å²) >= 11 is 0. The fraction of sp³-hybridized carbons (Fsp3) is 0.757. The Hall–Kier alpha value is -3.41. The average Bonchev–Trinajstić information content (AvgIpc) is 3.42. The van der Waals surface area contributed by atoms with Crippen molar-refractivity contribution in [3.63, 3.8) is 0 Å². The maximum Gasteiger partial charge on any atom is 0.306 e. The highest BCUT2D eigenvalue weighted by molar-refractivity contribution is 5.71. The Morgan fingerprint density at radius 2 is 0.513 bits per heavy atom. The van der Waals surface area contributed by atoms with Gasteiger partial charge in [-0.2, -0.15) is 0 Å². The van der Waals surface area contributed by atoms with Crippen LogP contribution in [0.2, 0.25) is 0 Å². The summed E-state index contributed by atoms with van der Waals surface area (Å²) < 4.78 is 16.9. The number of esters is 3. The van der Waals surface area contributed by atoms with Gasteiger partial charge in [0.15, 0.2) is 6.10 Å². The zero-order valence-electron chi connectivity index (χ0n) is 50.3. The molecule has 0 spiro atoms. The van der Waals surface area contributed by atoms with Gasteiger partial charge in [0.1, 0.15) is 13.2 Å². The van der Waals surface area contributed by atoms with Gasteiger partial charge in [-0.15, -0.1) is 0 Å². The maximum absolute atomic E-state index is 12.9. The fourth-order valence-electron chi connectivity index (χ4n) is 9.27. The zero-order valence-corrected chi connectivity index (χ0v) is 50.3. The molecule has 0 aliphatic heterocycles. The number of ether oxygens (including phenoxy) is 3. The SMILES string of the molecule is CC/C=C\C/C=C\C/C=C\C/C=C\C/C=C\C/C=C\CCCCCCCCCCCCCCC(=O)OCC(COC(=O)CCCCCCCCCCCC)OC(=O)CCCCCCCCC/C=C\CCCCCCCC. The molecule has 0 N–H and O–H groups in total. The lowest BCUT2D eigenvalue weighted by molar-refractivity contribution is -0.167. The monoisotopic (exact) mass is 1060 g/mol. The molecule has 0 aromatic carbocycles. The minimum atomic E-state index is -0.777. The second-order valence-electron chi connectivity index (χ2n) is 21.6. The van der Waals surface area contributed by atoms with Crippen molar-refractivity contribution in [3.05, 3.63) is 85.1 Å². The van der Waals surface area contributed by atoms with Crippen LogP contribution >= 0.6 is 0 Å². The standard InChI is InChI=1S/C70H122O6/c1-4-7-10-13-16-19-22-24-26-28-29-30-31-32-33-34-35-36-37-38-39-40-41-43-44-46-48-51-54-57-60-63-69(72)75-66-67(65-74-68(71)62-59-56-53-50-21-18-15-12-9-6-3)76-70(73)64-61-58-55-52-49-47-45-42-27-25-23-20-17-14-11-8-5-2/h7,10,16,19,24-27,29-30,32-33,35-36,67H,4-6,8-9,11-15,17-18,20-23,28,31,34,37-66H2,1-3H3/b10-7-,19-16-,26-24-,27-25-,30-29-,33-32-,36-35-. The van der Waals surface area contributed by atoms with E-state index >= 15 is 0 Å². The van der Waals surface area contributed by atoms with Gasteiger partial charge in [0.25, 0.3) is 0 Å². The maximum atomic E-state index is 12.9. The van der Waals surface area contributed by atoms with Crippen LogP contribution in [0.5, 0.6) is 0 Å². The predicted octanol–water partition coefficient (Wildman–Crippen LogP) is 22.3. The summed E-state index contributed by atoms with van der Waals surface area (Å²) in [7, 11) is 0. The molecular formula is C70H122O6. The first kappa shape index (κ1) is 72.6. The third kappa shape index (κ3) is 61.4. The smallest absolute Gasteiger partial charge is 0.306 e. The molecule has 438 valence electrons. The van der Waals surface area contributed by atoms with E-state index in [4.69, 9.17) is 14.2 Å². The molecule has 76 heavy (non-hydrogen) atoms. The highest BCUT2D eigenvalue weighted by Gasteiger charge is 2.19. The summed E-state index contributed by atoms with van der Waals surface area (Å²) in [4.78, 5) is 38.2. The van der Waals surface area contributed by atoms with Crippen molar-refractivity contribution in [2.45, 2.75) is 329 Å². The van der Waals surface area contributed by atoms with Gasteiger partial charge < -0.3 is 14.2 Å². The third-order valence-corrected chi connectivity index (χ3v) is 14.1. The topological polar surface area (TPSA) is 78.9 Å². The van der Waals surface area contributed by atoms with Crippen molar-refractivity contribution >= 4 is 17.9 Å². The van der Waals surface area contributed by atoms with Crippen LogP contribution in [0.4, 0.5) is 0 Å². The van der Waals surface area contributed by atoms with E-state index in [0.29, 0.717) is 19.3 Å². The van der Waals surface area contributed by atoms with Crippen LogP contribution < -0.4 is 0 Å². The van der Waals surface area contributed by atoms with E-state index in [9.17, 15) is 14.4 Å². The van der Waals surface area contributed by atoms with E-state index in [-0.39, 0.29) is 31.1 Å². The van der Waals surface area contributed by atoms with Gasteiger partial charge in [-0.1, -0.05) is 292 Å². The Labute approximate surface area is 471 Å². The highest BCUT2D eigenvalue weighted by Crippen LogP contribution is 2.16. The molecule has 0 rings (SSSR count). The fourth-order valence-corrected chi connectivity index (χ4v) is 9.27. The van der Waals surface area contributed by atoms with Gasteiger partial charge in [-0.05, 0) is 96.3 Å². The normalized spacial score (nSPS) is 12.6. The number of carbonyl (C=O) groups is 3. The molecule has 1 atom stereocenters. The summed E-state index contributed by atoms with van der Waals surface area (Å²) in [5.74, 6) is -0.869. The second-order valence-corrected chi connectivity index (χ2v) is 21.6. The van der Waals surface area contributed by atoms with Crippen molar-refractivity contribution in [1.82, 2.24) is 0 Å². The van der Waals surface area contributed by atoms with Gasteiger partial charge in [0, 0.05) is 19.3 Å². The van der Waals surface area contributed by atoms with Gasteiger partial charge >= 0.3 is 17.9 Å². The Kier molecular flexibility index (Phi) is 61.2. The van der Waals surface area contributed by atoms with Crippen LogP contribution in [0.25, 0.3) is 0 Å². The predicted molar refractivity (Wildman–Crippen MR) is 330 cm³/mol. The summed E-state index contributed by atoms with van der Waals surface area (Å²) in [5, 5.41) is 0. The van der Waals surface area contributed by atoms with Crippen LogP contribution in [0.15, 0.2) is 85.1 Å². The Morgan fingerprint density at radius 3 is 0.816 bits per heavy atom. The molecule has 0 amide bonds. The minimum absolute atomic E-state index is 0.0745. The molecule has 0 aromatic heterocycles. The summed E-state index contributed by atoms with van der Waals surface area (Å²) in [5.41, 5.74) is 0. The molecule has 0 fully saturated rings. The summed E-state index contributed by atoms with van der Waals surface area (Å²) in [6.45, 7) is 6.53. The summed E-state index contributed by atoms with van der Waals surface area (Å²) in [6, 6.07) is 0. The minimum Gasteiger partial charge on any atom is -0.462 e. The molecule has 6 heteroatoms. The number of hydrogen-bond acceptors (Lipinski definition) is 6. The number of allylic oxidation sites excluding steroid dienone is 14. The zero-order chi connectivity index (χ0) is 55.0. The van der Waals surface area contributed by atoms with Crippen LogP contribution in [-0.2, 0) is 28.6 Å². The molecule has 0 aromatic rings. The second kappa shape index (κ2) is 64.1. The quantitative estimate of drug-likeness (QED) is 0.0261. The first-order valence-corrected chi connectivity index (χ1v) is 32.6. The Bertz CT molecular complexity index is 1450. The van der Waals surface area contributed by atoms with Gasteiger partial charge in [0.05, 0.1) is 0 Å². The first-order valence-electron chi connectivity index (χ1n) is 32.6. The van der Waals surface area contributed by atoms with E-state index in [1.165, 1.54) is 186 Å². The van der Waals surface area contributed by atoms with Crippen molar-refractivity contribution in [2.75, 3.05) is 13.2 Å². The number of unbranched alkanes of at least 4 members (excludes halogenated alkanes) is 34. The molecule has 1 unspecified atom stereocenters. The lowest BCUT2D eigenvalue weighted by Gasteiger charge is -2.18. The van der Waals surface area contributed by atoms with E-state index in [1.54, 1.807) is 0 Å². The number of carbonyl (C=O) groups excluding carboxylic acids is 3. The van der Waals surface area contributed by atoms with Crippen LogP contribution in [-0.4, -0.2) is 37.2 Å². The van der Waals surface area contributed by atoms with Crippen LogP contribution in [0, 0.1) is 0 Å². The van der Waals surface area contributed by atoms with Crippen molar-refractivity contribution in [2.24, 2.45) is 0 Å². The molecular weight excluding hydrogens is 937 g/mol. The molecule has 0 aliphatic rings. The van der Waals surface area contributed by atoms with Gasteiger partial charge in [-0.25, -0.2) is 0 Å². The molecule has 0 heterocycles. The van der Waals surface area contributed by atoms with E-state index in [1.807, 2.05) is 0 Å². The lowest BCUT2D eigenvalue weighted by Crippen LogP contribution is -2.30. The first-order chi connectivity index (χ1) is 37.5. The number of hydrogen-bond donors (Lipinski definition) is 0. The van der Waals surface area contributed by atoms with Crippen molar-refractivity contribution in [1.29, 1.82) is 0 Å². The molecule has 0 saturated carbocycles. The van der Waals surface area contributed by atoms with Crippen molar-refractivity contribution < 1.29 is 28.6 Å². The van der Waals surface area contributed by atoms with Crippen molar-refractivity contribution in [3.8, 4) is 0 Å². The molecule has 0 aliphatic carbocycles. The van der Waals surface area contributed by atoms with Gasteiger partial charge in [0.2, 0.25) is 0 Å². The van der Waals surface area contributed by atoms with Gasteiger partial charge in [-0.3, -0.25) is 14.4 Å². The Balaban J connectivity index is 4.17. The van der Waals surface area contributed by atoms with Crippen LogP contribution in [0.1, 0.15) is 323 Å². The summed E-state index contributed by atoms with van der Waals surface area (Å²) in [6.07, 6.45) is 84.6. The molecule has 0 bridgehead atoms. The average molecular weight is 1060 g/mol. The third-order valence-electron chi connectivity index (χ3n) is 14.1. The Morgan fingerprint density at radius 1 is 0.276 bits per heavy atom. The van der Waals surface area contributed by atoms with E-state index < -0.39 is 6.10 Å². The highest BCUT2D eigenvalue weighted by atomic mass is 16.6. The number of rotatable bonds is 59. The molecule has 0 saturated heterocycles. The lowest BCUT2D eigenvalue weighted by atomic mass is 10.0.